The molecular formula is C13H25N. The molecule has 0 aromatic carbocycles. The van der Waals surface area contributed by atoms with E-state index in [1.165, 1.54) is 51.6 Å². The Morgan fingerprint density at radius 1 is 1.36 bits per heavy atom. The molecule has 0 saturated heterocycles. The molecule has 0 unspecified atom stereocenters. The second kappa shape index (κ2) is 7.05. The van der Waals surface area contributed by atoms with Crippen LogP contribution in [0.4, 0.5) is 0 Å². The van der Waals surface area contributed by atoms with E-state index in [0.29, 0.717) is 0 Å². The van der Waals surface area contributed by atoms with Gasteiger partial charge in [-0.1, -0.05) is 38.3 Å². The Hall–Kier alpha value is -0.300. The summed E-state index contributed by atoms with van der Waals surface area (Å²) in [6.07, 6.45) is 10.4. The van der Waals surface area contributed by atoms with Crippen LogP contribution >= 0.6 is 0 Å². The molecule has 0 radical (unpaired) electrons. The third-order valence-electron chi connectivity index (χ3n) is 3.35. The number of allylic oxidation sites excluding steroid dienone is 1. The molecule has 1 heteroatoms. The van der Waals surface area contributed by atoms with E-state index in [2.05, 4.69) is 25.2 Å². The minimum atomic E-state index is 0.882. The van der Waals surface area contributed by atoms with Gasteiger partial charge in [0.25, 0.3) is 0 Å². The van der Waals surface area contributed by atoms with Crippen LogP contribution in [0.1, 0.15) is 52.4 Å². The summed E-state index contributed by atoms with van der Waals surface area (Å²) >= 11 is 0. The molecule has 0 saturated carbocycles. The zero-order valence-electron chi connectivity index (χ0n) is 9.81. The molecule has 0 amide bonds. The number of rotatable bonds is 7. The van der Waals surface area contributed by atoms with Gasteiger partial charge < -0.3 is 5.32 Å². The lowest BCUT2D eigenvalue weighted by Gasteiger charge is -2.13. The van der Waals surface area contributed by atoms with Crippen molar-refractivity contribution in [2.24, 2.45) is 5.92 Å². The van der Waals surface area contributed by atoms with Gasteiger partial charge in [-0.25, -0.2) is 0 Å². The normalized spacial score (nSPS) is 16.4. The van der Waals surface area contributed by atoms with Crippen molar-refractivity contribution in [2.45, 2.75) is 52.4 Å². The van der Waals surface area contributed by atoms with E-state index >= 15 is 0 Å². The molecule has 0 bridgehead atoms. The SMILES string of the molecule is CCC(CC)CNCCC1=CCCC1. The van der Waals surface area contributed by atoms with Crippen LogP contribution in [-0.2, 0) is 0 Å². The molecule has 0 aromatic heterocycles. The highest BCUT2D eigenvalue weighted by Gasteiger charge is 2.05. The van der Waals surface area contributed by atoms with Gasteiger partial charge in [0.05, 0.1) is 0 Å². The highest BCUT2D eigenvalue weighted by Crippen LogP contribution is 2.19. The van der Waals surface area contributed by atoms with Crippen LogP contribution in [0.3, 0.4) is 0 Å². The molecule has 0 fully saturated rings. The third-order valence-corrected chi connectivity index (χ3v) is 3.35. The van der Waals surface area contributed by atoms with Gasteiger partial charge in [-0.2, -0.15) is 0 Å². The molecular weight excluding hydrogens is 170 g/mol. The molecule has 1 aliphatic carbocycles. The molecule has 1 nitrogen and oxygen atoms in total. The van der Waals surface area contributed by atoms with Gasteiger partial charge in [-0.15, -0.1) is 0 Å². The largest absolute Gasteiger partial charge is 0.316 e. The first kappa shape index (κ1) is 11.8. The fourth-order valence-electron chi connectivity index (χ4n) is 2.10. The van der Waals surface area contributed by atoms with Crippen LogP contribution in [0, 0.1) is 5.92 Å². The average molecular weight is 195 g/mol. The Bertz CT molecular complexity index is 168. The molecule has 0 atom stereocenters. The van der Waals surface area contributed by atoms with Crippen molar-refractivity contribution in [1.82, 2.24) is 5.32 Å². The standard InChI is InChI=1S/C13H25N/c1-3-12(4-2)11-14-10-9-13-7-5-6-8-13/h7,12,14H,3-6,8-11H2,1-2H3. The quantitative estimate of drug-likeness (QED) is 0.484. The summed E-state index contributed by atoms with van der Waals surface area (Å²) in [7, 11) is 0. The number of hydrogen-bond donors (Lipinski definition) is 1. The van der Waals surface area contributed by atoms with E-state index in [1.807, 2.05) is 0 Å². The highest BCUT2D eigenvalue weighted by atomic mass is 14.8. The van der Waals surface area contributed by atoms with Crippen LogP contribution in [0.15, 0.2) is 11.6 Å². The summed E-state index contributed by atoms with van der Waals surface area (Å²) in [6.45, 7) is 6.97. The summed E-state index contributed by atoms with van der Waals surface area (Å²) in [6, 6.07) is 0. The zero-order chi connectivity index (χ0) is 10.2. The van der Waals surface area contributed by atoms with E-state index in [9.17, 15) is 0 Å². The average Bonchev–Trinajstić information content (AvgIpc) is 2.71. The lowest BCUT2D eigenvalue weighted by Crippen LogP contribution is -2.23. The van der Waals surface area contributed by atoms with Crippen molar-refractivity contribution in [3.63, 3.8) is 0 Å². The Balaban J connectivity index is 1.98. The van der Waals surface area contributed by atoms with Crippen molar-refractivity contribution in [2.75, 3.05) is 13.1 Å². The monoisotopic (exact) mass is 195 g/mol. The van der Waals surface area contributed by atoms with Crippen LogP contribution in [0.5, 0.6) is 0 Å². The van der Waals surface area contributed by atoms with E-state index in [1.54, 1.807) is 5.57 Å². The molecule has 1 aliphatic rings. The van der Waals surface area contributed by atoms with E-state index in [4.69, 9.17) is 0 Å². The van der Waals surface area contributed by atoms with Crippen LogP contribution in [-0.4, -0.2) is 13.1 Å². The molecule has 0 aromatic rings. The van der Waals surface area contributed by atoms with Crippen molar-refractivity contribution in [1.29, 1.82) is 0 Å². The highest BCUT2D eigenvalue weighted by molar-refractivity contribution is 5.07. The first-order valence-electron chi connectivity index (χ1n) is 6.25. The van der Waals surface area contributed by atoms with Crippen molar-refractivity contribution >= 4 is 0 Å². The van der Waals surface area contributed by atoms with E-state index < -0.39 is 0 Å². The van der Waals surface area contributed by atoms with Gasteiger partial charge in [0.15, 0.2) is 0 Å². The smallest absolute Gasteiger partial charge is 0.00115 e. The molecule has 14 heavy (non-hydrogen) atoms. The summed E-state index contributed by atoms with van der Waals surface area (Å²) in [5.41, 5.74) is 1.68. The zero-order valence-corrected chi connectivity index (χ0v) is 9.81. The maximum atomic E-state index is 3.57. The van der Waals surface area contributed by atoms with Crippen LogP contribution in [0.25, 0.3) is 0 Å². The topological polar surface area (TPSA) is 12.0 Å². The molecule has 1 N–H and O–H groups in total. The summed E-state index contributed by atoms with van der Waals surface area (Å²) in [5.74, 6) is 0.882. The maximum absolute atomic E-state index is 3.57. The van der Waals surface area contributed by atoms with E-state index in [0.717, 1.165) is 5.92 Å². The van der Waals surface area contributed by atoms with Gasteiger partial charge in [-0.3, -0.25) is 0 Å². The molecule has 0 spiro atoms. The Kier molecular flexibility index (Phi) is 5.93. The Morgan fingerprint density at radius 3 is 2.71 bits per heavy atom. The second-order valence-corrected chi connectivity index (χ2v) is 4.39. The first-order chi connectivity index (χ1) is 6.86. The lowest BCUT2D eigenvalue weighted by atomic mass is 10.0. The first-order valence-corrected chi connectivity index (χ1v) is 6.25. The Morgan fingerprint density at radius 2 is 2.14 bits per heavy atom. The molecule has 1 rings (SSSR count). The van der Waals surface area contributed by atoms with E-state index in [-0.39, 0.29) is 0 Å². The lowest BCUT2D eigenvalue weighted by molar-refractivity contribution is 0.451. The minimum absolute atomic E-state index is 0.882. The molecule has 0 aliphatic heterocycles. The summed E-state index contributed by atoms with van der Waals surface area (Å²) < 4.78 is 0. The van der Waals surface area contributed by atoms with Gasteiger partial charge in [0.1, 0.15) is 0 Å². The van der Waals surface area contributed by atoms with Crippen molar-refractivity contribution in [3.8, 4) is 0 Å². The van der Waals surface area contributed by atoms with Crippen molar-refractivity contribution in [3.05, 3.63) is 11.6 Å². The fraction of sp³-hybridized carbons (Fsp3) is 0.846. The summed E-state index contributed by atoms with van der Waals surface area (Å²) in [4.78, 5) is 0. The number of hydrogen-bond acceptors (Lipinski definition) is 1. The van der Waals surface area contributed by atoms with Crippen molar-refractivity contribution < 1.29 is 0 Å². The van der Waals surface area contributed by atoms with Crippen LogP contribution in [0.2, 0.25) is 0 Å². The maximum Gasteiger partial charge on any atom is -0.00115 e. The van der Waals surface area contributed by atoms with Gasteiger partial charge in [-0.05, 0) is 44.7 Å². The number of nitrogens with one attached hydrogen (secondary N) is 1. The van der Waals surface area contributed by atoms with Crippen LogP contribution < -0.4 is 5.32 Å². The fourth-order valence-corrected chi connectivity index (χ4v) is 2.10. The van der Waals surface area contributed by atoms with Gasteiger partial charge in [0, 0.05) is 0 Å². The minimum Gasteiger partial charge on any atom is -0.316 e. The van der Waals surface area contributed by atoms with Gasteiger partial charge >= 0.3 is 0 Å². The predicted octanol–water partition coefficient (Wildman–Crippen LogP) is 3.51. The Labute approximate surface area is 89.0 Å². The molecule has 82 valence electrons. The van der Waals surface area contributed by atoms with Gasteiger partial charge in [0.2, 0.25) is 0 Å². The summed E-state index contributed by atoms with van der Waals surface area (Å²) in [5, 5.41) is 3.57. The third kappa shape index (κ3) is 4.28. The molecule has 0 heterocycles. The predicted molar refractivity (Wildman–Crippen MR) is 63.5 cm³/mol. The second-order valence-electron chi connectivity index (χ2n) is 4.39.